The number of hydrogen-bond donors (Lipinski definition) is 3. The van der Waals surface area contributed by atoms with Gasteiger partial charge in [-0.25, -0.2) is 8.42 Å². The van der Waals surface area contributed by atoms with Crippen molar-refractivity contribution < 1.29 is 33.0 Å². The van der Waals surface area contributed by atoms with Gasteiger partial charge in [-0.1, -0.05) is 60.6 Å². The van der Waals surface area contributed by atoms with Crippen LogP contribution in [-0.4, -0.2) is 90.4 Å². The highest BCUT2D eigenvalue weighted by Gasteiger charge is 2.71. The zero-order valence-electron chi connectivity index (χ0n) is 35.6. The van der Waals surface area contributed by atoms with Crippen molar-refractivity contribution in [2.75, 3.05) is 31.1 Å². The van der Waals surface area contributed by atoms with Crippen LogP contribution in [0.2, 0.25) is 0 Å². The van der Waals surface area contributed by atoms with Crippen LogP contribution in [0.5, 0.6) is 0 Å². The summed E-state index contributed by atoms with van der Waals surface area (Å²) in [6.07, 6.45) is 10.8. The first kappa shape index (κ1) is 41.7. The molecule has 1 saturated heterocycles. The molecule has 1 aliphatic heterocycles. The molecule has 0 radical (unpaired) electrons. The average molecular weight is 787 g/mol. The molecule has 14 atom stereocenters. The van der Waals surface area contributed by atoms with Crippen LogP contribution < -0.4 is 5.32 Å². The highest BCUT2D eigenvalue weighted by atomic mass is 32.2. The van der Waals surface area contributed by atoms with Crippen molar-refractivity contribution in [1.82, 2.24) is 10.2 Å². The number of aliphatic carboxylic acids is 1. The number of carbonyl (C=O) groups is 2. The van der Waals surface area contributed by atoms with E-state index in [9.17, 15) is 28.2 Å². The van der Waals surface area contributed by atoms with Gasteiger partial charge in [-0.2, -0.15) is 0 Å². The Morgan fingerprint density at radius 1 is 0.855 bits per heavy atom. The molecule has 55 heavy (non-hydrogen) atoms. The molecule has 0 amide bonds. The second-order valence-corrected chi connectivity index (χ2v) is 24.3. The number of aliphatic hydroxyl groups is 1. The van der Waals surface area contributed by atoms with E-state index < -0.39 is 33.2 Å². The number of sulfone groups is 1. The highest BCUT2D eigenvalue weighted by Crippen LogP contribution is 2.76. The Balaban J connectivity index is 1.10. The molecule has 6 aliphatic carbocycles. The van der Waals surface area contributed by atoms with E-state index in [1.807, 2.05) is 20.8 Å². The summed E-state index contributed by atoms with van der Waals surface area (Å²) >= 11 is 0. The van der Waals surface area contributed by atoms with Crippen LogP contribution in [0.1, 0.15) is 133 Å². The predicted molar refractivity (Wildman–Crippen MR) is 216 cm³/mol. The average Bonchev–Trinajstić information content (AvgIpc) is 3.46. The number of aliphatic hydroxyl groups excluding tert-OH is 1. The number of allylic oxidation sites excluding steroid dienone is 1. The van der Waals surface area contributed by atoms with Crippen LogP contribution >= 0.6 is 0 Å². The normalized spacial score (nSPS) is 46.7. The maximum absolute atomic E-state index is 13.6. The molecule has 0 aromatic carbocycles. The molecule has 10 heteroatoms. The zero-order chi connectivity index (χ0) is 40.3. The summed E-state index contributed by atoms with van der Waals surface area (Å²) in [4.78, 5) is 27.6. The number of carboxylic acids is 1. The fourth-order valence-corrected chi connectivity index (χ4v) is 16.8. The van der Waals surface area contributed by atoms with Gasteiger partial charge in [0.1, 0.15) is 6.10 Å². The van der Waals surface area contributed by atoms with Crippen LogP contribution in [0, 0.1) is 68.5 Å². The molecule has 7 aliphatic rings. The maximum atomic E-state index is 13.6. The Bertz CT molecular complexity index is 1640. The number of nitrogens with one attached hydrogen (secondary N) is 1. The second-order valence-electron chi connectivity index (χ2n) is 22.0. The van der Waals surface area contributed by atoms with Crippen LogP contribution in [0.4, 0.5) is 0 Å². The summed E-state index contributed by atoms with van der Waals surface area (Å²) in [5.41, 5.74) is 1.00. The van der Waals surface area contributed by atoms with Crippen LogP contribution in [0.25, 0.3) is 0 Å². The van der Waals surface area contributed by atoms with Gasteiger partial charge in [-0.15, -0.1) is 0 Å². The highest BCUT2D eigenvalue weighted by molar-refractivity contribution is 7.91. The third-order valence-electron chi connectivity index (χ3n) is 19.2. The van der Waals surface area contributed by atoms with E-state index in [4.69, 9.17) is 4.74 Å². The van der Waals surface area contributed by atoms with Gasteiger partial charge in [0.05, 0.1) is 29.4 Å². The minimum Gasteiger partial charge on any atom is -0.481 e. The number of ether oxygens (including phenoxy) is 1. The molecule has 3 N–H and O–H groups in total. The van der Waals surface area contributed by atoms with Crippen LogP contribution in [-0.2, 0) is 24.2 Å². The minimum atomic E-state index is -3.00. The largest absolute Gasteiger partial charge is 0.481 e. The van der Waals surface area contributed by atoms with Crippen molar-refractivity contribution in [3.8, 4) is 0 Å². The number of esters is 1. The Morgan fingerprint density at radius 2 is 1.53 bits per heavy atom. The van der Waals surface area contributed by atoms with Gasteiger partial charge in [0.15, 0.2) is 9.84 Å². The lowest BCUT2D eigenvalue weighted by Crippen LogP contribution is -2.69. The Kier molecular flexibility index (Phi) is 10.4. The van der Waals surface area contributed by atoms with E-state index in [-0.39, 0.29) is 62.7 Å². The monoisotopic (exact) mass is 787 g/mol. The molecule has 0 spiro atoms. The quantitative estimate of drug-likeness (QED) is 0.165. The first-order valence-electron chi connectivity index (χ1n) is 21.9. The smallest absolute Gasteiger partial charge is 0.309 e. The lowest BCUT2D eigenvalue weighted by Gasteiger charge is -2.73. The number of hydrogen-bond acceptors (Lipinski definition) is 8. The third-order valence-corrected chi connectivity index (χ3v) is 20.8. The third kappa shape index (κ3) is 6.33. The van der Waals surface area contributed by atoms with Crippen molar-refractivity contribution in [3.05, 3.63) is 12.2 Å². The van der Waals surface area contributed by atoms with E-state index in [1.54, 1.807) is 0 Å². The fourth-order valence-electron chi connectivity index (χ4n) is 15.6. The number of fused-ring (bicyclic) bond motifs is 7. The van der Waals surface area contributed by atoms with E-state index in [0.29, 0.717) is 55.6 Å². The fraction of sp³-hybridized carbons (Fsp3) is 0.911. The summed E-state index contributed by atoms with van der Waals surface area (Å²) in [6, 6.07) is -0.120. The predicted octanol–water partition coefficient (Wildman–Crippen LogP) is 7.12. The standard InChI is InChI=1S/C45H74N2O7S/c1-27(2)29-13-18-45(46-26-33(28(3)48)47-21-23-55(52,53)24-22-47)20-19-43(9)30(37(29)45)11-12-35-42(8)16-15-36(41(6,7)34(42)14-17-44(35,43)10)54-39(51)32-25-31(38(49)50)40(32,4)5/h28-37,46,48H,1,11-26H2,2-10H3,(H,49,50)/t28-,29+,30-,31?,32?,33-,34+,35-,36+,37-,42+,43-,44-,45+/m1/s1. The van der Waals surface area contributed by atoms with Crippen molar-refractivity contribution in [3.63, 3.8) is 0 Å². The van der Waals surface area contributed by atoms with Gasteiger partial charge in [0.25, 0.3) is 0 Å². The number of carbonyl (C=O) groups excluding carboxylic acids is 1. The molecule has 6 saturated carbocycles. The molecule has 7 fully saturated rings. The van der Waals surface area contributed by atoms with Gasteiger partial charge in [0.2, 0.25) is 0 Å². The van der Waals surface area contributed by atoms with E-state index in [1.165, 1.54) is 31.3 Å². The van der Waals surface area contributed by atoms with Crippen LogP contribution in [0.15, 0.2) is 12.2 Å². The van der Waals surface area contributed by atoms with Gasteiger partial charge in [0, 0.05) is 36.6 Å². The second kappa shape index (κ2) is 13.8. The summed E-state index contributed by atoms with van der Waals surface area (Å²) in [5.74, 6) is 0.964. The number of rotatable bonds is 9. The van der Waals surface area contributed by atoms with Gasteiger partial charge in [-0.05, 0) is 136 Å². The topological polar surface area (TPSA) is 133 Å². The molecule has 7 rings (SSSR count). The van der Waals surface area contributed by atoms with Crippen molar-refractivity contribution in [2.45, 2.75) is 157 Å². The lowest BCUT2D eigenvalue weighted by atomic mass is 9.32. The summed E-state index contributed by atoms with van der Waals surface area (Å²) in [6.45, 7) is 26.7. The van der Waals surface area contributed by atoms with Crippen molar-refractivity contribution in [2.24, 2.45) is 68.5 Å². The van der Waals surface area contributed by atoms with E-state index >= 15 is 0 Å². The van der Waals surface area contributed by atoms with E-state index in [2.05, 4.69) is 58.3 Å². The summed E-state index contributed by atoms with van der Waals surface area (Å²) in [7, 11) is -3.00. The summed E-state index contributed by atoms with van der Waals surface area (Å²) < 4.78 is 30.9. The summed E-state index contributed by atoms with van der Waals surface area (Å²) in [5, 5.41) is 24.8. The first-order valence-corrected chi connectivity index (χ1v) is 23.7. The molecule has 312 valence electrons. The maximum Gasteiger partial charge on any atom is 0.309 e. The lowest BCUT2D eigenvalue weighted by molar-refractivity contribution is -0.248. The molecule has 9 nitrogen and oxygen atoms in total. The van der Waals surface area contributed by atoms with E-state index in [0.717, 1.165) is 38.5 Å². The van der Waals surface area contributed by atoms with Crippen molar-refractivity contribution >= 4 is 21.8 Å². The Labute approximate surface area is 332 Å². The Morgan fingerprint density at radius 3 is 2.13 bits per heavy atom. The molecule has 2 unspecified atom stereocenters. The van der Waals surface area contributed by atoms with Gasteiger partial charge < -0.3 is 20.3 Å². The van der Waals surface area contributed by atoms with Crippen LogP contribution in [0.3, 0.4) is 0 Å². The first-order chi connectivity index (χ1) is 25.5. The van der Waals surface area contributed by atoms with Gasteiger partial charge >= 0.3 is 11.9 Å². The molecule has 0 aromatic heterocycles. The Hall–Kier alpha value is -1.49. The molecule has 0 bridgehead atoms. The number of carboxylic acid groups (broad SMARTS) is 1. The van der Waals surface area contributed by atoms with Gasteiger partial charge in [-0.3, -0.25) is 14.5 Å². The minimum absolute atomic E-state index is 0.0174. The molecular formula is C45H74N2O7S. The molecule has 0 aromatic rings. The number of nitrogens with zero attached hydrogens (tertiary/aromatic N) is 1. The SMILES string of the molecule is C=C(C)[C@@H]1CC[C@]2(NC[C@H]([C@@H](C)O)N3CCS(=O)(=O)CC3)CC[C@]3(C)[C@H](CC[C@@H]4[C@@]5(C)CC[C@H](OC(=O)C6CC(C(=O)O)C6(C)C)C(C)(C)[C@@H]5CC[C@]43C)[C@@H]12. The zero-order valence-corrected chi connectivity index (χ0v) is 36.4. The van der Waals surface area contributed by atoms with Crippen molar-refractivity contribution in [1.29, 1.82) is 0 Å². The molecule has 1 heterocycles. The molecular weight excluding hydrogens is 713 g/mol.